The third-order valence-corrected chi connectivity index (χ3v) is 4.85. The van der Waals surface area contributed by atoms with E-state index in [1.165, 1.54) is 0 Å². The lowest BCUT2D eigenvalue weighted by Crippen LogP contribution is -2.51. The number of nitrogens with two attached hydrogens (primary N) is 1. The predicted octanol–water partition coefficient (Wildman–Crippen LogP) is 2.87. The van der Waals surface area contributed by atoms with Crippen molar-refractivity contribution in [3.8, 4) is 0 Å². The van der Waals surface area contributed by atoms with E-state index in [1.807, 2.05) is 13.0 Å². The largest absolute Gasteiger partial charge is 0.351 e. The molecule has 0 aromatic heterocycles. The molecular formula is C16H25Cl2N3OS. The highest BCUT2D eigenvalue weighted by Crippen LogP contribution is 2.20. The van der Waals surface area contributed by atoms with Crippen molar-refractivity contribution in [2.75, 3.05) is 12.3 Å². The van der Waals surface area contributed by atoms with E-state index in [0.29, 0.717) is 28.9 Å². The molecule has 0 saturated carbocycles. The van der Waals surface area contributed by atoms with E-state index in [4.69, 9.17) is 28.9 Å². The summed E-state index contributed by atoms with van der Waals surface area (Å²) in [5.74, 6) is 0.710. The van der Waals surface area contributed by atoms with Gasteiger partial charge in [0.2, 0.25) is 5.91 Å². The molecule has 23 heavy (non-hydrogen) atoms. The van der Waals surface area contributed by atoms with Gasteiger partial charge in [-0.25, -0.2) is 0 Å². The topological polar surface area (TPSA) is 67.1 Å². The Morgan fingerprint density at radius 1 is 1.39 bits per heavy atom. The van der Waals surface area contributed by atoms with Crippen LogP contribution >= 0.6 is 35.8 Å². The number of benzene rings is 1. The molecule has 0 heterocycles. The summed E-state index contributed by atoms with van der Waals surface area (Å²) in [4.78, 5) is 12.5. The molecule has 7 heteroatoms. The van der Waals surface area contributed by atoms with Gasteiger partial charge in [0.25, 0.3) is 0 Å². The Balaban J connectivity index is 2.65. The molecule has 4 N–H and O–H groups in total. The molecular weight excluding hydrogens is 353 g/mol. The van der Waals surface area contributed by atoms with E-state index in [0.717, 1.165) is 12.0 Å². The summed E-state index contributed by atoms with van der Waals surface area (Å²) in [5.41, 5.74) is 6.69. The first-order valence-electron chi connectivity index (χ1n) is 7.70. The third kappa shape index (κ3) is 6.89. The smallest absolute Gasteiger partial charge is 0.237 e. The summed E-state index contributed by atoms with van der Waals surface area (Å²) in [7, 11) is 0. The standard InChI is InChI=1S/C16H25Cl2N3OS/c1-3-10(2)15(20-8-13(19)9-23)16(22)21-7-11-4-5-12(17)6-14(11)18/h4-6,10,13,15,20,23H,3,7-9,19H2,1-2H3,(H,21,22)/t10?,13-,15+/m1/s1. The van der Waals surface area contributed by atoms with Gasteiger partial charge in [-0.3, -0.25) is 4.79 Å². The first-order valence-corrected chi connectivity index (χ1v) is 9.09. The van der Waals surface area contributed by atoms with Crippen molar-refractivity contribution < 1.29 is 4.79 Å². The van der Waals surface area contributed by atoms with E-state index in [2.05, 4.69) is 30.2 Å². The molecule has 0 radical (unpaired) electrons. The molecule has 1 amide bonds. The fourth-order valence-corrected chi connectivity index (χ4v) is 2.69. The van der Waals surface area contributed by atoms with Crippen molar-refractivity contribution in [3.05, 3.63) is 33.8 Å². The first-order chi connectivity index (χ1) is 10.9. The van der Waals surface area contributed by atoms with Crippen molar-refractivity contribution in [3.63, 3.8) is 0 Å². The van der Waals surface area contributed by atoms with E-state index in [9.17, 15) is 4.79 Å². The van der Waals surface area contributed by atoms with Gasteiger partial charge >= 0.3 is 0 Å². The van der Waals surface area contributed by atoms with Crippen LogP contribution in [0.15, 0.2) is 18.2 Å². The zero-order chi connectivity index (χ0) is 17.4. The number of carbonyl (C=O) groups is 1. The number of nitrogens with one attached hydrogen (secondary N) is 2. The molecule has 130 valence electrons. The van der Waals surface area contributed by atoms with E-state index < -0.39 is 0 Å². The first kappa shape index (κ1) is 20.6. The molecule has 1 unspecified atom stereocenters. The van der Waals surface area contributed by atoms with Crippen LogP contribution in [0.4, 0.5) is 0 Å². The van der Waals surface area contributed by atoms with Crippen LogP contribution in [-0.4, -0.2) is 30.3 Å². The summed E-state index contributed by atoms with van der Waals surface area (Å²) in [6, 6.07) is 4.86. The second-order valence-electron chi connectivity index (χ2n) is 5.67. The molecule has 1 rings (SSSR count). The van der Waals surface area contributed by atoms with Gasteiger partial charge < -0.3 is 16.4 Å². The number of carbonyl (C=O) groups excluding carboxylic acids is 1. The lowest BCUT2D eigenvalue weighted by Gasteiger charge is -2.25. The number of halogens is 2. The van der Waals surface area contributed by atoms with Gasteiger partial charge in [-0.2, -0.15) is 12.6 Å². The highest BCUT2D eigenvalue weighted by Gasteiger charge is 2.23. The summed E-state index contributed by atoms with van der Waals surface area (Å²) in [6.07, 6.45) is 0.892. The Bertz CT molecular complexity index is 516. The van der Waals surface area contributed by atoms with Crippen molar-refractivity contribution in [2.45, 2.75) is 38.9 Å². The highest BCUT2D eigenvalue weighted by molar-refractivity contribution is 7.80. The average molecular weight is 378 g/mol. The van der Waals surface area contributed by atoms with Crippen molar-refractivity contribution in [2.24, 2.45) is 11.7 Å². The normalized spacial score (nSPS) is 15.0. The Labute approximate surface area is 153 Å². The lowest BCUT2D eigenvalue weighted by atomic mass is 9.98. The molecule has 4 nitrogen and oxygen atoms in total. The monoisotopic (exact) mass is 377 g/mol. The van der Waals surface area contributed by atoms with Crippen LogP contribution in [0.2, 0.25) is 10.0 Å². The number of hydrogen-bond acceptors (Lipinski definition) is 4. The van der Waals surface area contributed by atoms with Crippen LogP contribution in [0, 0.1) is 5.92 Å². The maximum atomic E-state index is 12.5. The molecule has 1 aromatic carbocycles. The van der Waals surface area contributed by atoms with Gasteiger partial charge in [0.1, 0.15) is 0 Å². The zero-order valence-corrected chi connectivity index (χ0v) is 15.9. The molecule has 0 aliphatic heterocycles. The van der Waals surface area contributed by atoms with Crippen LogP contribution in [0.3, 0.4) is 0 Å². The SMILES string of the molecule is CCC(C)[C@H](NC[C@@H](N)CS)C(=O)NCc1ccc(Cl)cc1Cl. The fourth-order valence-electron chi connectivity index (χ4n) is 2.09. The Morgan fingerprint density at radius 3 is 2.65 bits per heavy atom. The van der Waals surface area contributed by atoms with Crippen LogP contribution in [0.5, 0.6) is 0 Å². The molecule has 0 spiro atoms. The van der Waals surface area contributed by atoms with Gasteiger partial charge in [-0.1, -0.05) is 49.5 Å². The van der Waals surface area contributed by atoms with Crippen molar-refractivity contribution in [1.29, 1.82) is 0 Å². The third-order valence-electron chi connectivity index (χ3n) is 3.80. The Hall–Kier alpha value is -0.460. The second-order valence-corrected chi connectivity index (χ2v) is 6.88. The molecule has 0 aliphatic carbocycles. The van der Waals surface area contributed by atoms with Crippen molar-refractivity contribution >= 4 is 41.7 Å². The van der Waals surface area contributed by atoms with Gasteiger partial charge in [-0.05, 0) is 23.6 Å². The Morgan fingerprint density at radius 2 is 2.09 bits per heavy atom. The zero-order valence-electron chi connectivity index (χ0n) is 13.5. The lowest BCUT2D eigenvalue weighted by molar-refractivity contribution is -0.124. The van der Waals surface area contributed by atoms with Gasteiger partial charge in [0, 0.05) is 34.9 Å². The minimum Gasteiger partial charge on any atom is -0.351 e. The number of thiol groups is 1. The summed E-state index contributed by atoms with van der Waals surface area (Å²) < 4.78 is 0. The average Bonchev–Trinajstić information content (AvgIpc) is 2.53. The highest BCUT2D eigenvalue weighted by atomic mass is 35.5. The molecule has 0 aliphatic rings. The fraction of sp³-hybridized carbons (Fsp3) is 0.562. The van der Waals surface area contributed by atoms with Crippen LogP contribution in [0.25, 0.3) is 0 Å². The minimum absolute atomic E-state index is 0.0586. The molecule has 0 saturated heterocycles. The molecule has 1 aromatic rings. The number of amides is 1. The summed E-state index contributed by atoms with van der Waals surface area (Å²) in [6.45, 7) is 5.01. The summed E-state index contributed by atoms with van der Waals surface area (Å²) in [5, 5.41) is 7.29. The van der Waals surface area contributed by atoms with Crippen molar-refractivity contribution in [1.82, 2.24) is 10.6 Å². The number of hydrogen-bond donors (Lipinski definition) is 4. The number of rotatable bonds is 9. The van der Waals surface area contributed by atoms with Gasteiger partial charge in [0.15, 0.2) is 0 Å². The molecule has 0 fully saturated rings. The Kier molecular flexibility index (Phi) is 9.32. The minimum atomic E-state index is -0.294. The van der Waals surface area contributed by atoms with E-state index in [1.54, 1.807) is 12.1 Å². The maximum Gasteiger partial charge on any atom is 0.237 e. The molecule has 3 atom stereocenters. The van der Waals surface area contributed by atoms with Crippen LogP contribution in [0.1, 0.15) is 25.8 Å². The van der Waals surface area contributed by atoms with Gasteiger partial charge in [0.05, 0.1) is 6.04 Å². The van der Waals surface area contributed by atoms with Crippen LogP contribution in [-0.2, 0) is 11.3 Å². The van der Waals surface area contributed by atoms with E-state index in [-0.39, 0.29) is 23.9 Å². The quantitative estimate of drug-likeness (QED) is 0.500. The van der Waals surface area contributed by atoms with E-state index >= 15 is 0 Å². The van der Waals surface area contributed by atoms with Gasteiger partial charge in [-0.15, -0.1) is 0 Å². The maximum absolute atomic E-state index is 12.5. The molecule has 0 bridgehead atoms. The van der Waals surface area contributed by atoms with Crippen LogP contribution < -0.4 is 16.4 Å². The summed E-state index contributed by atoms with van der Waals surface area (Å²) >= 11 is 16.2. The second kappa shape index (κ2) is 10.4. The predicted molar refractivity (Wildman–Crippen MR) is 101 cm³/mol.